The average molecular weight is 312 g/mol. The molecule has 0 N–H and O–H groups in total. The molecule has 15 heavy (non-hydrogen) atoms. The zero-order valence-corrected chi connectivity index (χ0v) is 12.0. The van der Waals surface area contributed by atoms with Crippen molar-refractivity contribution in [2.24, 2.45) is 0 Å². The maximum absolute atomic E-state index is 12.1. The predicted molar refractivity (Wildman–Crippen MR) is 66.7 cm³/mol. The maximum atomic E-state index is 12.1. The fourth-order valence-corrected chi connectivity index (χ4v) is 4.97. The summed E-state index contributed by atoms with van der Waals surface area (Å²) in [6, 6.07) is 3.40. The van der Waals surface area contributed by atoms with Crippen LogP contribution in [0.15, 0.2) is 20.1 Å². The Balaban J connectivity index is 3.00. The molecule has 0 aliphatic heterocycles. The third-order valence-corrected chi connectivity index (χ3v) is 6.03. The Hall–Kier alpha value is 0.0900. The number of hydrogen-bond donors (Lipinski definition) is 0. The van der Waals surface area contributed by atoms with Crippen LogP contribution in [0.5, 0.6) is 0 Å². The van der Waals surface area contributed by atoms with Crippen LogP contribution in [0.3, 0.4) is 0 Å². The van der Waals surface area contributed by atoms with Gasteiger partial charge in [0.25, 0.3) is 10.0 Å². The van der Waals surface area contributed by atoms with Gasteiger partial charge in [0, 0.05) is 13.1 Å². The van der Waals surface area contributed by atoms with Crippen molar-refractivity contribution in [1.82, 2.24) is 4.31 Å². The second kappa shape index (κ2) is 5.43. The summed E-state index contributed by atoms with van der Waals surface area (Å²) in [7, 11) is -3.27. The summed E-state index contributed by atoms with van der Waals surface area (Å²) in [6.45, 7) is 4.93. The lowest BCUT2D eigenvalue weighted by atomic mass is 10.5. The average Bonchev–Trinajstić information content (AvgIpc) is 2.61. The third kappa shape index (κ3) is 3.03. The SMILES string of the molecule is CCCN(CC)S(=O)(=O)c1ccc(Br)s1. The van der Waals surface area contributed by atoms with E-state index >= 15 is 0 Å². The van der Waals surface area contributed by atoms with Crippen molar-refractivity contribution < 1.29 is 8.42 Å². The number of halogens is 1. The molecule has 0 radical (unpaired) electrons. The van der Waals surface area contributed by atoms with Crippen molar-refractivity contribution in [2.75, 3.05) is 13.1 Å². The summed E-state index contributed by atoms with van der Waals surface area (Å²) >= 11 is 4.52. The molecule has 0 saturated carbocycles. The molecule has 0 aromatic carbocycles. The van der Waals surface area contributed by atoms with Crippen LogP contribution in [-0.2, 0) is 10.0 Å². The third-order valence-electron chi connectivity index (χ3n) is 1.97. The van der Waals surface area contributed by atoms with E-state index in [1.54, 1.807) is 12.1 Å². The second-order valence-electron chi connectivity index (χ2n) is 3.06. The largest absolute Gasteiger partial charge is 0.252 e. The Morgan fingerprint density at radius 1 is 1.40 bits per heavy atom. The summed E-state index contributed by atoms with van der Waals surface area (Å²) in [5.41, 5.74) is 0. The van der Waals surface area contributed by atoms with Crippen molar-refractivity contribution in [1.29, 1.82) is 0 Å². The molecule has 0 aliphatic rings. The highest BCUT2D eigenvalue weighted by molar-refractivity contribution is 9.11. The predicted octanol–water partition coefficient (Wildman–Crippen LogP) is 2.93. The van der Waals surface area contributed by atoms with Gasteiger partial charge in [0.15, 0.2) is 0 Å². The molecule has 1 aromatic rings. The Morgan fingerprint density at radius 3 is 2.47 bits per heavy atom. The molecule has 0 fully saturated rings. The minimum atomic E-state index is -3.27. The van der Waals surface area contributed by atoms with Gasteiger partial charge in [0.05, 0.1) is 3.79 Å². The molecule has 0 bridgehead atoms. The van der Waals surface area contributed by atoms with E-state index < -0.39 is 10.0 Å². The highest BCUT2D eigenvalue weighted by Gasteiger charge is 2.23. The minimum Gasteiger partial charge on any atom is -0.206 e. The molecular formula is C9H14BrNO2S2. The number of rotatable bonds is 5. The van der Waals surface area contributed by atoms with Crippen molar-refractivity contribution in [3.05, 3.63) is 15.9 Å². The van der Waals surface area contributed by atoms with Gasteiger partial charge in [-0.2, -0.15) is 4.31 Å². The van der Waals surface area contributed by atoms with E-state index in [4.69, 9.17) is 0 Å². The van der Waals surface area contributed by atoms with Gasteiger partial charge in [0.1, 0.15) is 4.21 Å². The molecule has 1 aromatic heterocycles. The van der Waals surface area contributed by atoms with Crippen LogP contribution < -0.4 is 0 Å². The molecule has 1 heterocycles. The van der Waals surface area contributed by atoms with Crippen molar-refractivity contribution in [3.8, 4) is 0 Å². The summed E-state index contributed by atoms with van der Waals surface area (Å²) in [6.07, 6.45) is 0.833. The first-order valence-electron chi connectivity index (χ1n) is 4.77. The zero-order chi connectivity index (χ0) is 11.5. The fraction of sp³-hybridized carbons (Fsp3) is 0.556. The van der Waals surface area contributed by atoms with Crippen LogP contribution in [0.1, 0.15) is 20.3 Å². The Bertz CT molecular complexity index is 414. The Kier molecular flexibility index (Phi) is 4.76. The number of nitrogens with zero attached hydrogens (tertiary/aromatic N) is 1. The monoisotopic (exact) mass is 311 g/mol. The van der Waals surface area contributed by atoms with Crippen molar-refractivity contribution in [2.45, 2.75) is 24.5 Å². The lowest BCUT2D eigenvalue weighted by Crippen LogP contribution is -2.31. The summed E-state index contributed by atoms with van der Waals surface area (Å²) < 4.78 is 26.9. The first-order valence-corrected chi connectivity index (χ1v) is 7.82. The first kappa shape index (κ1) is 13.2. The molecule has 0 amide bonds. The quantitative estimate of drug-likeness (QED) is 0.838. The molecule has 1 rings (SSSR count). The van der Waals surface area contributed by atoms with E-state index in [0.717, 1.165) is 10.2 Å². The van der Waals surface area contributed by atoms with Crippen LogP contribution in [0.2, 0.25) is 0 Å². The lowest BCUT2D eigenvalue weighted by Gasteiger charge is -2.18. The van der Waals surface area contributed by atoms with Gasteiger partial charge in [-0.05, 0) is 34.5 Å². The molecule has 0 saturated heterocycles. The molecular weight excluding hydrogens is 298 g/mol. The van der Waals surface area contributed by atoms with Crippen LogP contribution in [-0.4, -0.2) is 25.8 Å². The fourth-order valence-electron chi connectivity index (χ4n) is 1.26. The molecule has 6 heteroatoms. The van der Waals surface area contributed by atoms with Crippen molar-refractivity contribution >= 4 is 37.3 Å². The summed E-state index contributed by atoms with van der Waals surface area (Å²) in [5.74, 6) is 0. The normalized spacial score (nSPS) is 12.3. The summed E-state index contributed by atoms with van der Waals surface area (Å²) in [4.78, 5) is 0. The van der Waals surface area contributed by atoms with E-state index in [2.05, 4.69) is 15.9 Å². The van der Waals surface area contributed by atoms with Gasteiger partial charge in [-0.15, -0.1) is 11.3 Å². The maximum Gasteiger partial charge on any atom is 0.252 e. The molecule has 0 unspecified atom stereocenters. The highest BCUT2D eigenvalue weighted by atomic mass is 79.9. The van der Waals surface area contributed by atoms with Gasteiger partial charge in [-0.25, -0.2) is 8.42 Å². The van der Waals surface area contributed by atoms with Crippen molar-refractivity contribution in [3.63, 3.8) is 0 Å². The summed E-state index contributed by atoms with van der Waals surface area (Å²) in [5, 5.41) is 0. The molecule has 0 aliphatic carbocycles. The number of sulfonamides is 1. The van der Waals surface area contributed by atoms with Crippen LogP contribution >= 0.6 is 27.3 Å². The van der Waals surface area contributed by atoms with Crippen LogP contribution in [0.4, 0.5) is 0 Å². The molecule has 86 valence electrons. The minimum absolute atomic E-state index is 0.407. The van der Waals surface area contributed by atoms with E-state index in [9.17, 15) is 8.42 Å². The second-order valence-corrected chi connectivity index (χ2v) is 7.68. The standard InChI is InChI=1S/C9H14BrNO2S2/c1-3-7-11(4-2)15(12,13)9-6-5-8(10)14-9/h5-6H,3-4,7H2,1-2H3. The van der Waals surface area contributed by atoms with Gasteiger partial charge >= 0.3 is 0 Å². The number of hydrogen-bond acceptors (Lipinski definition) is 3. The van der Waals surface area contributed by atoms with E-state index in [1.807, 2.05) is 13.8 Å². The van der Waals surface area contributed by atoms with Gasteiger partial charge in [-0.3, -0.25) is 0 Å². The van der Waals surface area contributed by atoms with E-state index in [1.165, 1.54) is 15.6 Å². The van der Waals surface area contributed by atoms with Crippen LogP contribution in [0.25, 0.3) is 0 Å². The molecule has 0 spiro atoms. The van der Waals surface area contributed by atoms with Crippen LogP contribution in [0, 0.1) is 0 Å². The smallest absolute Gasteiger partial charge is 0.206 e. The Morgan fingerprint density at radius 2 is 2.07 bits per heavy atom. The molecule has 0 atom stereocenters. The highest BCUT2D eigenvalue weighted by Crippen LogP contribution is 2.28. The Labute approximate surface area is 103 Å². The van der Waals surface area contributed by atoms with E-state index in [0.29, 0.717) is 17.3 Å². The van der Waals surface area contributed by atoms with Gasteiger partial charge in [-0.1, -0.05) is 13.8 Å². The number of thiophene rings is 1. The topological polar surface area (TPSA) is 37.4 Å². The zero-order valence-electron chi connectivity index (χ0n) is 8.73. The first-order chi connectivity index (χ1) is 7.02. The molecule has 3 nitrogen and oxygen atoms in total. The lowest BCUT2D eigenvalue weighted by molar-refractivity contribution is 0.428. The van der Waals surface area contributed by atoms with Gasteiger partial charge in [0.2, 0.25) is 0 Å². The van der Waals surface area contributed by atoms with E-state index in [-0.39, 0.29) is 0 Å². The van der Waals surface area contributed by atoms with Gasteiger partial charge < -0.3 is 0 Å².